The van der Waals surface area contributed by atoms with E-state index in [1.54, 1.807) is 12.1 Å². The predicted octanol–water partition coefficient (Wildman–Crippen LogP) is -0.591. The molecule has 1 aromatic heterocycles. The number of benzene rings is 2. The van der Waals surface area contributed by atoms with Crippen LogP contribution in [-0.4, -0.2) is 0 Å². The molecule has 0 amide bonds. The molecule has 3 aromatic rings. The minimum absolute atomic E-state index is 0. The van der Waals surface area contributed by atoms with Gasteiger partial charge in [0.1, 0.15) is 7.05 Å². The fourth-order valence-corrected chi connectivity index (χ4v) is 2.29. The number of nitrogens with zero attached hydrogens (tertiary/aromatic N) is 1. The molecule has 0 fully saturated rings. The molecule has 0 spiro atoms. The van der Waals surface area contributed by atoms with Gasteiger partial charge in [0.25, 0.3) is 0 Å². The molecule has 0 bridgehead atoms. The summed E-state index contributed by atoms with van der Waals surface area (Å²) < 4.78 is 2.06. The van der Waals surface area contributed by atoms with Gasteiger partial charge in [0.2, 0.25) is 11.2 Å². The van der Waals surface area contributed by atoms with Gasteiger partial charge >= 0.3 is 18.9 Å². The molecule has 2 nitrogen and oxygen atoms in total. The van der Waals surface area contributed by atoms with Crippen molar-refractivity contribution in [2.24, 2.45) is 7.05 Å². The third-order valence-electron chi connectivity index (χ3n) is 3.24. The van der Waals surface area contributed by atoms with E-state index in [-0.39, 0.29) is 24.6 Å². The van der Waals surface area contributed by atoms with Crippen LogP contribution in [0.3, 0.4) is 0 Å². The van der Waals surface area contributed by atoms with Crippen molar-refractivity contribution in [2.75, 3.05) is 0 Å². The van der Waals surface area contributed by atoms with E-state index in [1.807, 2.05) is 37.4 Å². The molecule has 0 atom stereocenters. The van der Waals surface area contributed by atoms with E-state index in [0.717, 1.165) is 16.8 Å². The quantitative estimate of drug-likeness (QED) is 0.414. The van der Waals surface area contributed by atoms with E-state index < -0.39 is 0 Å². The van der Waals surface area contributed by atoms with Gasteiger partial charge in [-0.1, -0.05) is 36.1 Å². The summed E-state index contributed by atoms with van der Waals surface area (Å²) in [6.45, 7) is 0. The fourth-order valence-electron chi connectivity index (χ4n) is 2.29. The minimum Gasteiger partial charge on any atom is -0.872 e. The van der Waals surface area contributed by atoms with Crippen molar-refractivity contribution in [1.29, 1.82) is 0 Å². The summed E-state index contributed by atoms with van der Waals surface area (Å²) in [4.78, 5) is 0. The normalized spacial score (nSPS) is 10.2. The summed E-state index contributed by atoms with van der Waals surface area (Å²) >= 11 is 0. The monoisotopic (exact) mass is 242 g/mol. The molecule has 0 aliphatic rings. The number of para-hydroxylation sites is 2. The maximum atomic E-state index is 11.9. The Hall–Kier alpha value is -1.75. The Balaban J connectivity index is 0.00000133. The fraction of sp³-hybridized carbons (Fsp3) is 0.0625. The van der Waals surface area contributed by atoms with Crippen LogP contribution in [0.15, 0.2) is 60.7 Å². The largest absolute Gasteiger partial charge is 1.00 e. The van der Waals surface area contributed by atoms with Crippen molar-refractivity contribution in [3.8, 4) is 17.0 Å². The zero-order valence-corrected chi connectivity index (χ0v) is 11.1. The van der Waals surface area contributed by atoms with Gasteiger partial charge in [-0.2, -0.15) is 4.57 Å². The van der Waals surface area contributed by atoms with Crippen molar-refractivity contribution >= 4 is 10.9 Å². The van der Waals surface area contributed by atoms with Gasteiger partial charge in [-0.15, -0.1) is 0 Å². The summed E-state index contributed by atoms with van der Waals surface area (Å²) in [6.07, 6.45) is 0. The first-order chi connectivity index (χ1) is 8.77. The SMILES string of the molecule is C[n+]1c(-c2ccccc2[O-])ccc2ccccc21.[Li+]. The Bertz CT molecular complexity index is 725. The maximum Gasteiger partial charge on any atom is 1.00 e. The molecule has 0 aliphatic carbocycles. The molecule has 1 heterocycles. The second-order valence-electron chi connectivity index (χ2n) is 4.33. The van der Waals surface area contributed by atoms with Crippen molar-refractivity contribution in [3.05, 3.63) is 60.7 Å². The topological polar surface area (TPSA) is 26.9 Å². The van der Waals surface area contributed by atoms with Crippen molar-refractivity contribution < 1.29 is 28.5 Å². The van der Waals surface area contributed by atoms with E-state index >= 15 is 0 Å². The van der Waals surface area contributed by atoms with Crippen LogP contribution in [0.1, 0.15) is 0 Å². The number of hydrogen-bond donors (Lipinski definition) is 0. The second kappa shape index (κ2) is 5.48. The van der Waals surface area contributed by atoms with E-state index in [2.05, 4.69) is 22.8 Å². The van der Waals surface area contributed by atoms with Gasteiger partial charge in [0.15, 0.2) is 0 Å². The van der Waals surface area contributed by atoms with Gasteiger partial charge in [-0.05, 0) is 18.2 Å². The van der Waals surface area contributed by atoms with Gasteiger partial charge in [-0.25, -0.2) is 0 Å². The van der Waals surface area contributed by atoms with E-state index in [1.165, 1.54) is 5.39 Å². The molecule has 0 saturated heterocycles. The standard InChI is InChI=1S/C16H13NO.Li/c1-17-14-8-4-2-6-12(14)10-11-15(17)13-7-3-5-9-16(13)18;/h2-11H,1H3;/q;+1. The van der Waals surface area contributed by atoms with E-state index in [0.29, 0.717) is 0 Å². The Morgan fingerprint density at radius 3 is 2.32 bits per heavy atom. The average molecular weight is 242 g/mol. The molecule has 0 unspecified atom stereocenters. The summed E-state index contributed by atoms with van der Waals surface area (Å²) in [5.41, 5.74) is 2.81. The summed E-state index contributed by atoms with van der Waals surface area (Å²) in [5.74, 6) is 0.0587. The Morgan fingerprint density at radius 2 is 1.53 bits per heavy atom. The predicted molar refractivity (Wildman–Crippen MR) is 70.0 cm³/mol. The number of rotatable bonds is 1. The molecule has 3 rings (SSSR count). The van der Waals surface area contributed by atoms with E-state index in [4.69, 9.17) is 0 Å². The van der Waals surface area contributed by atoms with Crippen LogP contribution in [0.25, 0.3) is 22.2 Å². The molecule has 0 saturated carbocycles. The van der Waals surface area contributed by atoms with Crippen LogP contribution in [0.2, 0.25) is 0 Å². The summed E-state index contributed by atoms with van der Waals surface area (Å²) in [6, 6.07) is 19.3. The summed E-state index contributed by atoms with van der Waals surface area (Å²) in [5, 5.41) is 13.1. The number of aromatic nitrogens is 1. The zero-order valence-electron chi connectivity index (χ0n) is 11.1. The molecule has 88 valence electrons. The van der Waals surface area contributed by atoms with Crippen molar-refractivity contribution in [2.45, 2.75) is 0 Å². The molecular weight excluding hydrogens is 229 g/mol. The first-order valence-corrected chi connectivity index (χ1v) is 5.91. The molecule has 0 radical (unpaired) electrons. The molecule has 3 heteroatoms. The number of pyridine rings is 1. The maximum absolute atomic E-state index is 11.9. The van der Waals surface area contributed by atoms with Crippen molar-refractivity contribution in [1.82, 2.24) is 0 Å². The Kier molecular flexibility index (Phi) is 3.95. The third kappa shape index (κ3) is 2.38. The van der Waals surface area contributed by atoms with E-state index in [9.17, 15) is 5.11 Å². The molecule has 2 aromatic carbocycles. The Labute approximate surface area is 124 Å². The van der Waals surface area contributed by atoms with Gasteiger partial charge in [0, 0.05) is 23.1 Å². The second-order valence-corrected chi connectivity index (χ2v) is 4.33. The molecule has 0 aliphatic heterocycles. The number of hydrogen-bond acceptors (Lipinski definition) is 1. The molecular formula is C16H13LiNO+. The molecule has 0 N–H and O–H groups in total. The first-order valence-electron chi connectivity index (χ1n) is 5.91. The molecule has 19 heavy (non-hydrogen) atoms. The van der Waals surface area contributed by atoms with Crippen LogP contribution in [0.5, 0.6) is 5.75 Å². The van der Waals surface area contributed by atoms with Gasteiger partial charge in [-0.3, -0.25) is 0 Å². The van der Waals surface area contributed by atoms with Crippen LogP contribution in [-0.2, 0) is 7.05 Å². The first kappa shape index (κ1) is 13.7. The third-order valence-corrected chi connectivity index (χ3v) is 3.24. The number of aryl methyl sites for hydroxylation is 1. The zero-order chi connectivity index (χ0) is 12.5. The minimum atomic E-state index is 0. The van der Waals surface area contributed by atoms with Crippen LogP contribution < -0.4 is 28.5 Å². The van der Waals surface area contributed by atoms with Crippen molar-refractivity contribution in [3.63, 3.8) is 0 Å². The number of fused-ring (bicyclic) bond motifs is 1. The van der Waals surface area contributed by atoms with Crippen LogP contribution in [0, 0.1) is 0 Å². The average Bonchev–Trinajstić information content (AvgIpc) is 2.41. The van der Waals surface area contributed by atoms with Gasteiger partial charge in [0.05, 0.1) is 0 Å². The Morgan fingerprint density at radius 1 is 0.842 bits per heavy atom. The van der Waals surface area contributed by atoms with Crippen LogP contribution in [0.4, 0.5) is 0 Å². The van der Waals surface area contributed by atoms with Crippen LogP contribution >= 0.6 is 0 Å². The van der Waals surface area contributed by atoms with Gasteiger partial charge < -0.3 is 5.11 Å². The smallest absolute Gasteiger partial charge is 0.872 e. The summed E-state index contributed by atoms with van der Waals surface area (Å²) in [7, 11) is 1.99.